The topological polar surface area (TPSA) is 35.5 Å². The molecular weight excluding hydrogens is 200 g/mol. The van der Waals surface area contributed by atoms with Crippen molar-refractivity contribution in [2.75, 3.05) is 32.5 Å². The Morgan fingerprint density at radius 3 is 2.62 bits per heavy atom. The number of aliphatic hydroxyl groups excluding tert-OH is 1. The largest absolute Gasteiger partial charge is 0.390 e. The van der Waals surface area contributed by atoms with Crippen molar-refractivity contribution in [1.82, 2.24) is 4.90 Å². The van der Waals surface area contributed by atoms with Gasteiger partial charge in [-0.15, -0.1) is 0 Å². The zero-order valence-electron chi connectivity index (χ0n) is 10.6. The number of anilines is 1. The average molecular weight is 222 g/mol. The molecule has 0 aliphatic rings. The maximum atomic E-state index is 9.74. The Labute approximate surface area is 98.1 Å². The lowest BCUT2D eigenvalue weighted by atomic mass is 10.1. The van der Waals surface area contributed by atoms with Gasteiger partial charge < -0.3 is 15.3 Å². The van der Waals surface area contributed by atoms with E-state index in [1.54, 1.807) is 0 Å². The number of aliphatic hydroxyl groups is 1. The van der Waals surface area contributed by atoms with Crippen LogP contribution in [0.1, 0.15) is 11.1 Å². The number of nitrogens with one attached hydrogen (secondary N) is 1. The highest BCUT2D eigenvalue weighted by Gasteiger charge is 2.06. The van der Waals surface area contributed by atoms with Gasteiger partial charge >= 0.3 is 0 Å². The molecule has 1 aromatic carbocycles. The monoisotopic (exact) mass is 222 g/mol. The second-order valence-electron chi connectivity index (χ2n) is 4.54. The number of likely N-dealkylation sites (N-methyl/N-ethyl adjacent to an activating group) is 1. The van der Waals surface area contributed by atoms with E-state index in [0.29, 0.717) is 13.1 Å². The third-order valence-corrected chi connectivity index (χ3v) is 2.71. The van der Waals surface area contributed by atoms with Crippen molar-refractivity contribution in [3.8, 4) is 0 Å². The summed E-state index contributed by atoms with van der Waals surface area (Å²) in [4.78, 5) is 1.98. The maximum absolute atomic E-state index is 9.74. The van der Waals surface area contributed by atoms with Gasteiger partial charge in [-0.05, 0) is 45.1 Å². The van der Waals surface area contributed by atoms with Crippen LogP contribution in [0.3, 0.4) is 0 Å². The molecule has 2 N–H and O–H groups in total. The van der Waals surface area contributed by atoms with E-state index >= 15 is 0 Å². The molecule has 3 heteroatoms. The molecule has 90 valence electrons. The van der Waals surface area contributed by atoms with Gasteiger partial charge in [0.25, 0.3) is 0 Å². The maximum Gasteiger partial charge on any atom is 0.0838 e. The predicted molar refractivity (Wildman–Crippen MR) is 69.0 cm³/mol. The van der Waals surface area contributed by atoms with E-state index in [9.17, 15) is 5.11 Å². The molecule has 0 radical (unpaired) electrons. The number of nitrogens with zero attached hydrogens (tertiary/aromatic N) is 1. The highest BCUT2D eigenvalue weighted by Crippen LogP contribution is 2.17. The first-order valence-electron chi connectivity index (χ1n) is 5.63. The van der Waals surface area contributed by atoms with Crippen molar-refractivity contribution in [2.45, 2.75) is 20.0 Å². The molecule has 0 amide bonds. The Hall–Kier alpha value is -1.06. The number of benzene rings is 1. The summed E-state index contributed by atoms with van der Waals surface area (Å²) in [6.45, 7) is 5.45. The van der Waals surface area contributed by atoms with Gasteiger partial charge in [-0.3, -0.25) is 0 Å². The summed E-state index contributed by atoms with van der Waals surface area (Å²) in [5, 5.41) is 13.0. The summed E-state index contributed by atoms with van der Waals surface area (Å²) in [6.07, 6.45) is -0.338. The normalized spacial score (nSPS) is 12.9. The SMILES string of the molecule is Cc1cccc(NCC(O)CN(C)C)c1C. The van der Waals surface area contributed by atoms with Crippen molar-refractivity contribution in [1.29, 1.82) is 0 Å². The molecule has 0 aliphatic heterocycles. The van der Waals surface area contributed by atoms with Crippen LogP contribution in [-0.4, -0.2) is 43.3 Å². The number of aryl methyl sites for hydroxylation is 1. The van der Waals surface area contributed by atoms with Crippen LogP contribution in [0, 0.1) is 13.8 Å². The van der Waals surface area contributed by atoms with Gasteiger partial charge in [-0.25, -0.2) is 0 Å². The van der Waals surface area contributed by atoms with Crippen LogP contribution in [0.2, 0.25) is 0 Å². The second-order valence-corrected chi connectivity index (χ2v) is 4.54. The zero-order chi connectivity index (χ0) is 12.1. The van der Waals surface area contributed by atoms with Crippen LogP contribution >= 0.6 is 0 Å². The molecule has 0 spiro atoms. The third kappa shape index (κ3) is 3.83. The van der Waals surface area contributed by atoms with Gasteiger partial charge in [0.15, 0.2) is 0 Å². The molecule has 0 aromatic heterocycles. The van der Waals surface area contributed by atoms with Crippen LogP contribution in [0.4, 0.5) is 5.69 Å². The number of rotatable bonds is 5. The van der Waals surface area contributed by atoms with Gasteiger partial charge in [-0.2, -0.15) is 0 Å². The smallest absolute Gasteiger partial charge is 0.0838 e. The Kier molecular flexibility index (Phi) is 4.77. The minimum absolute atomic E-state index is 0.338. The average Bonchev–Trinajstić information content (AvgIpc) is 2.19. The summed E-state index contributed by atoms with van der Waals surface area (Å²) in [7, 11) is 3.92. The Morgan fingerprint density at radius 2 is 2.00 bits per heavy atom. The van der Waals surface area contributed by atoms with Crippen LogP contribution in [-0.2, 0) is 0 Å². The fourth-order valence-corrected chi connectivity index (χ4v) is 1.66. The Morgan fingerprint density at radius 1 is 1.31 bits per heavy atom. The van der Waals surface area contributed by atoms with Crippen molar-refractivity contribution >= 4 is 5.69 Å². The predicted octanol–water partition coefficient (Wildman–Crippen LogP) is 1.64. The molecule has 0 fully saturated rings. The van der Waals surface area contributed by atoms with Gasteiger partial charge in [0.05, 0.1) is 6.10 Å². The third-order valence-electron chi connectivity index (χ3n) is 2.71. The van der Waals surface area contributed by atoms with Crippen LogP contribution in [0.15, 0.2) is 18.2 Å². The van der Waals surface area contributed by atoms with Gasteiger partial charge in [0.1, 0.15) is 0 Å². The van der Waals surface area contributed by atoms with Crippen molar-refractivity contribution in [2.24, 2.45) is 0 Å². The Balaban J connectivity index is 2.51. The van der Waals surface area contributed by atoms with Crippen LogP contribution in [0.25, 0.3) is 0 Å². The van der Waals surface area contributed by atoms with Gasteiger partial charge in [0, 0.05) is 18.8 Å². The lowest BCUT2D eigenvalue weighted by Gasteiger charge is -2.18. The summed E-state index contributed by atoms with van der Waals surface area (Å²) >= 11 is 0. The fraction of sp³-hybridized carbons (Fsp3) is 0.538. The molecule has 1 aromatic rings. The molecule has 0 saturated carbocycles. The summed E-state index contributed by atoms with van der Waals surface area (Å²) in [5.41, 5.74) is 3.63. The lowest BCUT2D eigenvalue weighted by molar-refractivity contribution is 0.148. The molecule has 0 bridgehead atoms. The van der Waals surface area contributed by atoms with E-state index in [1.165, 1.54) is 11.1 Å². The van der Waals surface area contributed by atoms with E-state index in [2.05, 4.69) is 25.2 Å². The van der Waals surface area contributed by atoms with Crippen molar-refractivity contribution in [3.63, 3.8) is 0 Å². The first-order valence-corrected chi connectivity index (χ1v) is 5.63. The van der Waals surface area contributed by atoms with Crippen molar-refractivity contribution in [3.05, 3.63) is 29.3 Å². The molecule has 3 nitrogen and oxygen atoms in total. The van der Waals surface area contributed by atoms with Gasteiger partial charge in [-0.1, -0.05) is 12.1 Å². The Bertz CT molecular complexity index is 337. The minimum atomic E-state index is -0.338. The molecule has 0 aliphatic carbocycles. The number of hydrogen-bond acceptors (Lipinski definition) is 3. The quantitative estimate of drug-likeness (QED) is 0.795. The van der Waals surface area contributed by atoms with Crippen molar-refractivity contribution < 1.29 is 5.11 Å². The van der Waals surface area contributed by atoms with E-state index in [4.69, 9.17) is 0 Å². The van der Waals surface area contributed by atoms with E-state index in [0.717, 1.165) is 5.69 Å². The first kappa shape index (κ1) is 13.0. The first-order chi connectivity index (χ1) is 7.50. The lowest BCUT2D eigenvalue weighted by Crippen LogP contribution is -2.31. The molecule has 1 unspecified atom stereocenters. The van der Waals surface area contributed by atoms with E-state index < -0.39 is 0 Å². The minimum Gasteiger partial charge on any atom is -0.390 e. The summed E-state index contributed by atoms with van der Waals surface area (Å²) in [5.74, 6) is 0. The van der Waals surface area contributed by atoms with E-state index in [-0.39, 0.29) is 6.10 Å². The molecule has 1 atom stereocenters. The van der Waals surface area contributed by atoms with Gasteiger partial charge in [0.2, 0.25) is 0 Å². The second kappa shape index (κ2) is 5.87. The zero-order valence-corrected chi connectivity index (χ0v) is 10.6. The van der Waals surface area contributed by atoms with E-state index in [1.807, 2.05) is 31.1 Å². The van der Waals surface area contributed by atoms with Crippen LogP contribution in [0.5, 0.6) is 0 Å². The molecule has 1 rings (SSSR count). The highest BCUT2D eigenvalue weighted by molar-refractivity contribution is 5.53. The standard InChI is InChI=1S/C13H22N2O/c1-10-6-5-7-13(11(10)2)14-8-12(16)9-15(3)4/h5-7,12,14,16H,8-9H2,1-4H3. The number of hydrogen-bond donors (Lipinski definition) is 2. The summed E-state index contributed by atoms with van der Waals surface area (Å²) < 4.78 is 0. The van der Waals surface area contributed by atoms with Crippen LogP contribution < -0.4 is 5.32 Å². The molecular formula is C13H22N2O. The fourth-order valence-electron chi connectivity index (χ4n) is 1.66. The molecule has 16 heavy (non-hydrogen) atoms. The molecule has 0 heterocycles. The molecule has 0 saturated heterocycles. The highest BCUT2D eigenvalue weighted by atomic mass is 16.3. The summed E-state index contributed by atoms with van der Waals surface area (Å²) in [6, 6.07) is 6.17.